The van der Waals surface area contributed by atoms with E-state index in [0.717, 1.165) is 11.3 Å². The molecule has 0 aliphatic carbocycles. The number of rotatable bonds is 6. The summed E-state index contributed by atoms with van der Waals surface area (Å²) in [5.41, 5.74) is 2.17. The van der Waals surface area contributed by atoms with E-state index in [0.29, 0.717) is 27.8 Å². The van der Waals surface area contributed by atoms with Gasteiger partial charge in [-0.2, -0.15) is 0 Å². The fourth-order valence-electron chi connectivity index (χ4n) is 2.49. The van der Waals surface area contributed by atoms with Crippen molar-refractivity contribution in [2.45, 2.75) is 20.5 Å². The van der Waals surface area contributed by atoms with Gasteiger partial charge in [-0.05, 0) is 55.8 Å². The van der Waals surface area contributed by atoms with Crippen LogP contribution >= 0.6 is 11.6 Å². The molecule has 3 rings (SSSR count). The number of hydrogen-bond donors (Lipinski definition) is 1. The van der Waals surface area contributed by atoms with Crippen molar-refractivity contribution in [2.24, 2.45) is 0 Å². The van der Waals surface area contributed by atoms with Crippen molar-refractivity contribution >= 4 is 23.2 Å². The highest BCUT2D eigenvalue weighted by atomic mass is 35.5. The fourth-order valence-corrected chi connectivity index (χ4v) is 2.67. The Hall–Kier alpha value is -2.99. The first-order chi connectivity index (χ1) is 13.0. The number of nitrogens with zero attached hydrogens (tertiary/aromatic N) is 1. The molecule has 0 unspecified atom stereocenters. The topological polar surface area (TPSA) is 73.6 Å². The maximum Gasteiger partial charge on any atom is 0.278 e. The summed E-state index contributed by atoms with van der Waals surface area (Å²) in [5, 5.41) is 7.28. The lowest BCUT2D eigenvalue weighted by Gasteiger charge is -2.10. The first-order valence-electron chi connectivity index (χ1n) is 8.28. The minimum absolute atomic E-state index is 0.152. The maximum atomic E-state index is 12.7. The standard InChI is InChI=1S/C20H19ClN2O4/c1-12-17(21)5-4-6-18(12)22-20(24)19-16(13(2)27-23-19)11-26-15-9-7-14(25-3)8-10-15/h4-10H,11H2,1-3H3,(H,22,24). The molecule has 2 aromatic carbocycles. The summed E-state index contributed by atoms with van der Waals surface area (Å²) >= 11 is 6.10. The van der Waals surface area contributed by atoms with Crippen molar-refractivity contribution in [3.8, 4) is 11.5 Å². The molecule has 0 aliphatic rings. The maximum absolute atomic E-state index is 12.7. The zero-order chi connectivity index (χ0) is 19.4. The highest BCUT2D eigenvalue weighted by molar-refractivity contribution is 6.31. The molecule has 0 fully saturated rings. The molecule has 0 saturated heterocycles. The molecule has 1 N–H and O–H groups in total. The lowest BCUT2D eigenvalue weighted by atomic mass is 10.1. The molecule has 0 atom stereocenters. The Kier molecular flexibility index (Phi) is 5.66. The number of halogens is 1. The van der Waals surface area contributed by atoms with Gasteiger partial charge in [-0.25, -0.2) is 0 Å². The van der Waals surface area contributed by atoms with Crippen molar-refractivity contribution in [1.82, 2.24) is 5.16 Å². The number of nitrogens with one attached hydrogen (secondary N) is 1. The third-order valence-corrected chi connectivity index (χ3v) is 4.57. The largest absolute Gasteiger partial charge is 0.497 e. The number of ether oxygens (including phenoxy) is 2. The summed E-state index contributed by atoms with van der Waals surface area (Å²) < 4.78 is 16.1. The van der Waals surface area contributed by atoms with E-state index >= 15 is 0 Å². The minimum atomic E-state index is -0.384. The summed E-state index contributed by atoms with van der Waals surface area (Å²) in [6.07, 6.45) is 0. The Labute approximate surface area is 162 Å². The number of carbonyl (C=O) groups is 1. The number of aromatic nitrogens is 1. The van der Waals surface area contributed by atoms with Gasteiger partial charge in [-0.15, -0.1) is 0 Å². The van der Waals surface area contributed by atoms with Crippen LogP contribution in [-0.2, 0) is 6.61 Å². The van der Waals surface area contributed by atoms with E-state index in [-0.39, 0.29) is 18.2 Å². The second-order valence-corrected chi connectivity index (χ2v) is 6.30. The van der Waals surface area contributed by atoms with Gasteiger partial charge in [0.2, 0.25) is 0 Å². The van der Waals surface area contributed by atoms with E-state index in [1.807, 2.05) is 6.92 Å². The molecule has 0 spiro atoms. The highest BCUT2D eigenvalue weighted by Gasteiger charge is 2.21. The average Bonchev–Trinajstić information content (AvgIpc) is 3.05. The van der Waals surface area contributed by atoms with Gasteiger partial charge in [0.05, 0.1) is 12.7 Å². The third-order valence-electron chi connectivity index (χ3n) is 4.16. The Balaban J connectivity index is 1.75. The van der Waals surface area contributed by atoms with E-state index in [1.165, 1.54) is 0 Å². The van der Waals surface area contributed by atoms with Gasteiger partial charge < -0.3 is 19.3 Å². The number of hydrogen-bond acceptors (Lipinski definition) is 5. The molecule has 27 heavy (non-hydrogen) atoms. The number of benzene rings is 2. The number of aryl methyl sites for hydroxylation is 1. The minimum Gasteiger partial charge on any atom is -0.497 e. The van der Waals surface area contributed by atoms with Gasteiger partial charge >= 0.3 is 0 Å². The van der Waals surface area contributed by atoms with Crippen LogP contribution in [-0.4, -0.2) is 18.2 Å². The van der Waals surface area contributed by atoms with Gasteiger partial charge in [0.25, 0.3) is 5.91 Å². The first kappa shape index (κ1) is 18.8. The van der Waals surface area contributed by atoms with E-state index in [9.17, 15) is 4.79 Å². The van der Waals surface area contributed by atoms with Crippen LogP contribution in [0.4, 0.5) is 5.69 Å². The van der Waals surface area contributed by atoms with Crippen LogP contribution in [0.1, 0.15) is 27.4 Å². The van der Waals surface area contributed by atoms with Gasteiger partial charge in [-0.1, -0.05) is 22.8 Å². The average molecular weight is 387 g/mol. The van der Waals surface area contributed by atoms with Crippen LogP contribution in [0.3, 0.4) is 0 Å². The van der Waals surface area contributed by atoms with Gasteiger partial charge in [0.1, 0.15) is 23.9 Å². The molecule has 140 valence electrons. The van der Waals surface area contributed by atoms with E-state index in [2.05, 4.69) is 10.5 Å². The third kappa shape index (κ3) is 4.23. The zero-order valence-electron chi connectivity index (χ0n) is 15.2. The molecule has 0 radical (unpaired) electrons. The summed E-state index contributed by atoms with van der Waals surface area (Å²) in [7, 11) is 1.60. The van der Waals surface area contributed by atoms with Crippen molar-refractivity contribution in [1.29, 1.82) is 0 Å². The van der Waals surface area contributed by atoms with Crippen LogP contribution in [0, 0.1) is 13.8 Å². The lowest BCUT2D eigenvalue weighted by Crippen LogP contribution is -2.16. The van der Waals surface area contributed by atoms with Crippen LogP contribution < -0.4 is 14.8 Å². The van der Waals surface area contributed by atoms with Gasteiger partial charge in [0, 0.05) is 10.7 Å². The summed E-state index contributed by atoms with van der Waals surface area (Å²) in [5.74, 6) is 1.52. The SMILES string of the molecule is COc1ccc(OCc2c(C(=O)Nc3cccc(Cl)c3C)noc2C)cc1. The van der Waals surface area contributed by atoms with Gasteiger partial charge in [0.15, 0.2) is 5.69 Å². The first-order valence-corrected chi connectivity index (χ1v) is 8.66. The van der Waals surface area contributed by atoms with Crippen LogP contribution in [0.25, 0.3) is 0 Å². The predicted molar refractivity (Wildman–Crippen MR) is 103 cm³/mol. The van der Waals surface area contributed by atoms with Crippen LogP contribution in [0.5, 0.6) is 11.5 Å². The number of carbonyl (C=O) groups excluding carboxylic acids is 1. The molecule has 0 aliphatic heterocycles. The Morgan fingerprint density at radius 2 is 1.85 bits per heavy atom. The second kappa shape index (κ2) is 8.14. The molecular weight excluding hydrogens is 368 g/mol. The van der Waals surface area contributed by atoms with Crippen molar-refractivity contribution in [3.63, 3.8) is 0 Å². The Bertz CT molecular complexity index is 951. The molecule has 0 saturated carbocycles. The lowest BCUT2D eigenvalue weighted by molar-refractivity contribution is 0.101. The molecule has 1 amide bonds. The Morgan fingerprint density at radius 3 is 2.56 bits per heavy atom. The zero-order valence-corrected chi connectivity index (χ0v) is 16.0. The van der Waals surface area contributed by atoms with Crippen molar-refractivity contribution in [3.05, 3.63) is 70.1 Å². The predicted octanol–water partition coefficient (Wildman–Crippen LogP) is 4.78. The monoisotopic (exact) mass is 386 g/mol. The number of methoxy groups -OCH3 is 1. The summed E-state index contributed by atoms with van der Waals surface area (Å²) in [6, 6.07) is 12.5. The smallest absolute Gasteiger partial charge is 0.278 e. The molecule has 7 heteroatoms. The number of anilines is 1. The van der Waals surface area contributed by atoms with Crippen LogP contribution in [0.2, 0.25) is 5.02 Å². The Morgan fingerprint density at radius 1 is 1.15 bits per heavy atom. The molecule has 6 nitrogen and oxygen atoms in total. The molecule has 1 heterocycles. The van der Waals surface area contributed by atoms with Crippen molar-refractivity contribution in [2.75, 3.05) is 12.4 Å². The van der Waals surface area contributed by atoms with E-state index in [4.69, 9.17) is 25.6 Å². The van der Waals surface area contributed by atoms with E-state index < -0.39 is 0 Å². The summed E-state index contributed by atoms with van der Waals surface area (Å²) in [4.78, 5) is 12.7. The quantitative estimate of drug-likeness (QED) is 0.659. The molecular formula is C20H19ClN2O4. The normalized spacial score (nSPS) is 10.5. The number of amides is 1. The molecule has 1 aromatic heterocycles. The van der Waals surface area contributed by atoms with E-state index in [1.54, 1.807) is 56.5 Å². The van der Waals surface area contributed by atoms with Gasteiger partial charge in [-0.3, -0.25) is 4.79 Å². The van der Waals surface area contributed by atoms with Crippen molar-refractivity contribution < 1.29 is 18.8 Å². The highest BCUT2D eigenvalue weighted by Crippen LogP contribution is 2.25. The fraction of sp³-hybridized carbons (Fsp3) is 0.200. The molecule has 0 bridgehead atoms. The molecule has 3 aromatic rings. The summed E-state index contributed by atoms with van der Waals surface area (Å²) in [6.45, 7) is 3.72. The van der Waals surface area contributed by atoms with Crippen LogP contribution in [0.15, 0.2) is 47.0 Å². The second-order valence-electron chi connectivity index (χ2n) is 5.90.